The predicted molar refractivity (Wildman–Crippen MR) is 104 cm³/mol. The van der Waals surface area contributed by atoms with Crippen molar-refractivity contribution in [2.45, 2.75) is 0 Å². The summed E-state index contributed by atoms with van der Waals surface area (Å²) in [6.45, 7) is 1.68. The first kappa shape index (κ1) is 16.9. The lowest BCUT2D eigenvalue weighted by Gasteiger charge is -2.26. The molecule has 3 aliphatic heterocycles. The van der Waals surface area contributed by atoms with Crippen LogP contribution in [0.5, 0.6) is 23.0 Å². The van der Waals surface area contributed by atoms with E-state index in [9.17, 15) is 4.79 Å². The second kappa shape index (κ2) is 6.73. The Kier molecular flexibility index (Phi) is 4.06. The number of ketones is 1. The Morgan fingerprint density at radius 1 is 0.750 bits per heavy atom. The molecule has 1 fully saturated rings. The minimum atomic E-state index is 0.0634. The van der Waals surface area contributed by atoms with E-state index in [0.29, 0.717) is 24.6 Å². The molecule has 2 aromatic carbocycles. The van der Waals surface area contributed by atoms with Crippen LogP contribution in [0.15, 0.2) is 47.5 Å². The average Bonchev–Trinajstić information content (AvgIpc) is 3.33. The van der Waals surface area contributed by atoms with Crippen molar-refractivity contribution >= 4 is 17.9 Å². The number of likely N-dealkylation sites (tertiary alicyclic amines) is 1. The van der Waals surface area contributed by atoms with Crippen LogP contribution in [-0.2, 0) is 4.79 Å². The minimum Gasteiger partial charge on any atom is -0.454 e. The van der Waals surface area contributed by atoms with Gasteiger partial charge in [0, 0.05) is 24.2 Å². The normalized spacial score (nSPS) is 21.0. The van der Waals surface area contributed by atoms with Gasteiger partial charge in [0.15, 0.2) is 28.8 Å². The maximum Gasteiger partial charge on any atom is 0.231 e. The molecule has 0 radical (unpaired) electrons. The molecule has 28 heavy (non-hydrogen) atoms. The lowest BCUT2D eigenvalue weighted by molar-refractivity contribution is -0.113. The van der Waals surface area contributed by atoms with Crippen molar-refractivity contribution in [3.8, 4) is 23.0 Å². The Hall–Kier alpha value is -3.25. The molecule has 1 saturated heterocycles. The van der Waals surface area contributed by atoms with Crippen molar-refractivity contribution in [3.63, 3.8) is 0 Å². The number of ether oxygens (including phenoxy) is 4. The highest BCUT2D eigenvalue weighted by Gasteiger charge is 2.24. The van der Waals surface area contributed by atoms with E-state index in [4.69, 9.17) is 18.9 Å². The van der Waals surface area contributed by atoms with Gasteiger partial charge in [-0.1, -0.05) is 12.1 Å². The maximum atomic E-state index is 13.1. The Balaban J connectivity index is 1.45. The Labute approximate surface area is 162 Å². The topological polar surface area (TPSA) is 57.2 Å². The zero-order valence-electron chi connectivity index (χ0n) is 15.4. The molecule has 2 aromatic rings. The zero-order chi connectivity index (χ0) is 19.1. The molecule has 0 atom stereocenters. The van der Waals surface area contributed by atoms with E-state index in [1.807, 2.05) is 55.6 Å². The van der Waals surface area contributed by atoms with Gasteiger partial charge in [-0.25, -0.2) is 0 Å². The highest BCUT2D eigenvalue weighted by molar-refractivity contribution is 6.14. The van der Waals surface area contributed by atoms with Crippen LogP contribution in [0.25, 0.3) is 12.2 Å². The van der Waals surface area contributed by atoms with Crippen molar-refractivity contribution in [2.75, 3.05) is 33.7 Å². The molecule has 0 aliphatic carbocycles. The Bertz CT molecular complexity index is 944. The molecule has 5 rings (SSSR count). The summed E-state index contributed by atoms with van der Waals surface area (Å²) in [5, 5.41) is 0. The number of Topliss-reactive ketones (excluding diaryl/α,β-unsaturated/α-hetero) is 1. The molecule has 0 bridgehead atoms. The van der Waals surface area contributed by atoms with Crippen molar-refractivity contribution in [1.29, 1.82) is 0 Å². The van der Waals surface area contributed by atoms with Crippen molar-refractivity contribution in [2.24, 2.45) is 0 Å². The fourth-order valence-corrected chi connectivity index (χ4v) is 3.62. The summed E-state index contributed by atoms with van der Waals surface area (Å²) in [6.07, 6.45) is 3.85. The van der Waals surface area contributed by atoms with Gasteiger partial charge in [-0.2, -0.15) is 0 Å². The van der Waals surface area contributed by atoms with Crippen molar-refractivity contribution in [3.05, 3.63) is 58.7 Å². The summed E-state index contributed by atoms with van der Waals surface area (Å²) in [6, 6.07) is 11.4. The molecule has 0 unspecified atom stereocenters. The number of piperidine rings is 1. The number of likely N-dealkylation sites (N-methyl/N-ethyl adjacent to an activating group) is 1. The summed E-state index contributed by atoms with van der Waals surface area (Å²) in [5.41, 5.74) is 3.34. The highest BCUT2D eigenvalue weighted by atomic mass is 16.7. The maximum absolute atomic E-state index is 13.1. The Morgan fingerprint density at radius 2 is 1.21 bits per heavy atom. The molecular weight excluding hydrogens is 358 g/mol. The van der Waals surface area contributed by atoms with Gasteiger partial charge in [-0.05, 0) is 54.6 Å². The van der Waals surface area contributed by atoms with Crippen LogP contribution in [0.2, 0.25) is 0 Å². The van der Waals surface area contributed by atoms with E-state index in [-0.39, 0.29) is 19.4 Å². The second-order valence-corrected chi connectivity index (χ2v) is 7.07. The number of benzene rings is 2. The fourth-order valence-electron chi connectivity index (χ4n) is 3.62. The first-order chi connectivity index (χ1) is 13.7. The van der Waals surface area contributed by atoms with Crippen LogP contribution >= 0.6 is 0 Å². The molecular formula is C22H19NO5. The van der Waals surface area contributed by atoms with E-state index in [0.717, 1.165) is 33.8 Å². The van der Waals surface area contributed by atoms with Crippen molar-refractivity contribution < 1.29 is 23.7 Å². The summed E-state index contributed by atoms with van der Waals surface area (Å²) in [4.78, 5) is 15.2. The van der Waals surface area contributed by atoms with E-state index in [1.54, 1.807) is 0 Å². The molecule has 6 heteroatoms. The summed E-state index contributed by atoms with van der Waals surface area (Å²) in [7, 11) is 2.01. The number of rotatable bonds is 2. The zero-order valence-corrected chi connectivity index (χ0v) is 15.4. The van der Waals surface area contributed by atoms with Crippen LogP contribution in [0.4, 0.5) is 0 Å². The van der Waals surface area contributed by atoms with Gasteiger partial charge in [-0.3, -0.25) is 9.69 Å². The van der Waals surface area contributed by atoms with Crippen LogP contribution in [0.1, 0.15) is 11.1 Å². The first-order valence-electron chi connectivity index (χ1n) is 9.09. The monoisotopic (exact) mass is 377 g/mol. The third-order valence-electron chi connectivity index (χ3n) is 4.94. The third-order valence-corrected chi connectivity index (χ3v) is 4.94. The van der Waals surface area contributed by atoms with Gasteiger partial charge < -0.3 is 18.9 Å². The molecule has 0 amide bonds. The number of carbonyl (C=O) groups excluding carboxylic acids is 1. The quantitative estimate of drug-likeness (QED) is 0.750. The second-order valence-electron chi connectivity index (χ2n) is 7.07. The number of fused-ring (bicyclic) bond motifs is 2. The van der Waals surface area contributed by atoms with E-state index >= 15 is 0 Å². The van der Waals surface area contributed by atoms with E-state index < -0.39 is 0 Å². The summed E-state index contributed by atoms with van der Waals surface area (Å²) in [5.74, 6) is 2.95. The smallest absolute Gasteiger partial charge is 0.231 e. The molecule has 3 aliphatic rings. The molecule has 0 spiro atoms. The van der Waals surface area contributed by atoms with Gasteiger partial charge in [0.25, 0.3) is 0 Å². The van der Waals surface area contributed by atoms with Gasteiger partial charge in [-0.15, -0.1) is 0 Å². The molecule has 3 heterocycles. The lowest BCUT2D eigenvalue weighted by atomic mass is 9.94. The Morgan fingerprint density at radius 3 is 1.71 bits per heavy atom. The molecule has 0 saturated carbocycles. The van der Waals surface area contributed by atoms with Gasteiger partial charge in [0.2, 0.25) is 13.6 Å². The SMILES string of the molecule is CN1CC(=Cc2ccc3c(c2)OCO3)C(=O)C(=Cc2ccc3c(c2)OCO3)C1. The number of carbonyl (C=O) groups is 1. The van der Waals surface area contributed by atoms with Crippen molar-refractivity contribution in [1.82, 2.24) is 4.90 Å². The van der Waals surface area contributed by atoms with Gasteiger partial charge in [0.1, 0.15) is 0 Å². The number of hydrogen-bond acceptors (Lipinski definition) is 6. The van der Waals surface area contributed by atoms with Crippen LogP contribution in [-0.4, -0.2) is 44.4 Å². The first-order valence-corrected chi connectivity index (χ1v) is 9.09. The minimum absolute atomic E-state index is 0.0634. The number of nitrogens with zero attached hydrogens (tertiary/aromatic N) is 1. The molecule has 0 N–H and O–H groups in total. The highest BCUT2D eigenvalue weighted by Crippen LogP contribution is 2.35. The van der Waals surface area contributed by atoms with Crippen LogP contribution < -0.4 is 18.9 Å². The molecule has 0 aromatic heterocycles. The fraction of sp³-hybridized carbons (Fsp3) is 0.227. The molecule has 6 nitrogen and oxygen atoms in total. The average molecular weight is 377 g/mol. The summed E-state index contributed by atoms with van der Waals surface area (Å²) < 4.78 is 21.6. The number of hydrogen-bond donors (Lipinski definition) is 0. The van der Waals surface area contributed by atoms with Crippen LogP contribution in [0, 0.1) is 0 Å². The van der Waals surface area contributed by atoms with Crippen LogP contribution in [0.3, 0.4) is 0 Å². The summed E-state index contributed by atoms with van der Waals surface area (Å²) >= 11 is 0. The van der Waals surface area contributed by atoms with E-state index in [1.165, 1.54) is 0 Å². The largest absolute Gasteiger partial charge is 0.454 e. The molecule has 142 valence electrons. The lowest BCUT2D eigenvalue weighted by Crippen LogP contribution is -2.34. The van der Waals surface area contributed by atoms with Gasteiger partial charge >= 0.3 is 0 Å². The van der Waals surface area contributed by atoms with E-state index in [2.05, 4.69) is 4.90 Å². The predicted octanol–water partition coefficient (Wildman–Crippen LogP) is 3.13. The standard InChI is InChI=1S/C22H19NO5/c1-23-10-16(6-14-2-4-18-20(8-14)27-12-25-18)22(24)17(11-23)7-15-3-5-19-21(9-15)28-13-26-19/h2-9H,10-13H2,1H3. The van der Waals surface area contributed by atoms with Gasteiger partial charge in [0.05, 0.1) is 0 Å². The third kappa shape index (κ3) is 3.12.